The fourth-order valence-electron chi connectivity index (χ4n) is 1.65. The van der Waals surface area contributed by atoms with Crippen LogP contribution in [0.5, 0.6) is 0 Å². The summed E-state index contributed by atoms with van der Waals surface area (Å²) < 4.78 is 13.0. The molecule has 16 heavy (non-hydrogen) atoms. The van der Waals surface area contributed by atoms with Gasteiger partial charge in [0.05, 0.1) is 17.2 Å². The van der Waals surface area contributed by atoms with Crippen LogP contribution in [0.1, 0.15) is 17.3 Å². The Morgan fingerprint density at radius 1 is 1.50 bits per heavy atom. The monoisotopic (exact) mass is 236 g/mol. The van der Waals surface area contributed by atoms with Gasteiger partial charge in [-0.1, -0.05) is 12.1 Å². The fourth-order valence-corrected chi connectivity index (χ4v) is 2.26. The molecule has 0 saturated carbocycles. The summed E-state index contributed by atoms with van der Waals surface area (Å²) in [5, 5.41) is 5.21. The van der Waals surface area contributed by atoms with E-state index in [9.17, 15) is 4.39 Å². The molecule has 4 heteroatoms. The number of hydrogen-bond acceptors (Lipinski definition) is 3. The van der Waals surface area contributed by atoms with Crippen LogP contribution in [0.15, 0.2) is 35.2 Å². The summed E-state index contributed by atoms with van der Waals surface area (Å²) in [5.41, 5.74) is 3.80. The van der Waals surface area contributed by atoms with Crippen LogP contribution >= 0.6 is 11.3 Å². The van der Waals surface area contributed by atoms with Crippen LogP contribution in [0.3, 0.4) is 0 Å². The predicted octanol–water partition coefficient (Wildman–Crippen LogP) is 2.79. The average Bonchev–Trinajstić information content (AvgIpc) is 2.79. The highest BCUT2D eigenvalue weighted by Crippen LogP contribution is 2.18. The Morgan fingerprint density at radius 3 is 3.00 bits per heavy atom. The molecule has 0 fully saturated rings. The van der Waals surface area contributed by atoms with Gasteiger partial charge >= 0.3 is 0 Å². The molecule has 1 aromatic heterocycles. The topological polar surface area (TPSA) is 24.9 Å². The van der Waals surface area contributed by atoms with Crippen molar-refractivity contribution in [2.45, 2.75) is 12.5 Å². The molecule has 0 amide bonds. The number of benzene rings is 1. The Bertz CT molecular complexity index is 442. The molecule has 1 aromatic carbocycles. The third kappa shape index (κ3) is 2.65. The molecule has 1 heterocycles. The standard InChI is InChI=1S/C12H13FN2S/c1-14-11(12-7-16-8-15-12)6-9-3-2-4-10(13)5-9/h2-5,7-8,11,14H,6H2,1H3. The molecular weight excluding hydrogens is 223 g/mol. The highest BCUT2D eigenvalue weighted by molar-refractivity contribution is 7.07. The molecule has 0 saturated heterocycles. The van der Waals surface area contributed by atoms with Gasteiger partial charge in [0, 0.05) is 5.38 Å². The molecule has 1 N–H and O–H groups in total. The Morgan fingerprint density at radius 2 is 2.38 bits per heavy atom. The molecule has 0 bridgehead atoms. The molecule has 0 spiro atoms. The van der Waals surface area contributed by atoms with E-state index in [4.69, 9.17) is 0 Å². The third-order valence-electron chi connectivity index (χ3n) is 2.49. The van der Waals surface area contributed by atoms with Gasteiger partial charge in [0.2, 0.25) is 0 Å². The SMILES string of the molecule is CNC(Cc1cccc(F)c1)c1cscn1. The second kappa shape index (κ2) is 5.18. The van der Waals surface area contributed by atoms with Crippen LogP contribution in [0, 0.1) is 5.82 Å². The van der Waals surface area contributed by atoms with E-state index >= 15 is 0 Å². The van der Waals surface area contributed by atoms with E-state index < -0.39 is 0 Å². The van der Waals surface area contributed by atoms with Gasteiger partial charge in [-0.05, 0) is 31.2 Å². The van der Waals surface area contributed by atoms with Gasteiger partial charge in [-0.15, -0.1) is 11.3 Å². The van der Waals surface area contributed by atoms with Gasteiger partial charge in [-0.25, -0.2) is 9.37 Å². The number of hydrogen-bond donors (Lipinski definition) is 1. The van der Waals surface area contributed by atoms with Crippen molar-refractivity contribution in [3.63, 3.8) is 0 Å². The van der Waals surface area contributed by atoms with E-state index in [1.54, 1.807) is 23.5 Å². The van der Waals surface area contributed by atoms with Gasteiger partial charge in [0.25, 0.3) is 0 Å². The first kappa shape index (κ1) is 11.2. The summed E-state index contributed by atoms with van der Waals surface area (Å²) in [7, 11) is 1.89. The summed E-state index contributed by atoms with van der Waals surface area (Å²) in [5.74, 6) is -0.189. The van der Waals surface area contributed by atoms with E-state index in [1.807, 2.05) is 24.0 Å². The molecule has 0 aliphatic carbocycles. The minimum absolute atomic E-state index is 0.146. The first-order valence-electron chi connectivity index (χ1n) is 5.09. The molecule has 1 unspecified atom stereocenters. The maximum absolute atomic E-state index is 13.0. The van der Waals surface area contributed by atoms with Crippen molar-refractivity contribution >= 4 is 11.3 Å². The maximum atomic E-state index is 13.0. The zero-order chi connectivity index (χ0) is 11.4. The smallest absolute Gasteiger partial charge is 0.123 e. The van der Waals surface area contributed by atoms with Crippen LogP contribution in [0.4, 0.5) is 4.39 Å². The average molecular weight is 236 g/mol. The Balaban J connectivity index is 2.13. The van der Waals surface area contributed by atoms with Crippen molar-refractivity contribution in [3.8, 4) is 0 Å². The van der Waals surface area contributed by atoms with Crippen molar-refractivity contribution in [1.82, 2.24) is 10.3 Å². The second-order valence-corrected chi connectivity index (χ2v) is 4.31. The number of rotatable bonds is 4. The molecule has 0 aliphatic heterocycles. The van der Waals surface area contributed by atoms with Crippen molar-refractivity contribution in [3.05, 3.63) is 52.2 Å². The normalized spacial score (nSPS) is 12.6. The number of nitrogens with one attached hydrogen (secondary N) is 1. The summed E-state index contributed by atoms with van der Waals surface area (Å²) in [6.45, 7) is 0. The Hall–Kier alpha value is -1.26. The van der Waals surface area contributed by atoms with E-state index in [0.717, 1.165) is 17.7 Å². The Labute approximate surface area is 98.2 Å². The molecule has 1 atom stereocenters. The summed E-state index contributed by atoms with van der Waals surface area (Å²) in [6.07, 6.45) is 0.748. The fraction of sp³-hybridized carbons (Fsp3) is 0.250. The largest absolute Gasteiger partial charge is 0.311 e. The molecular formula is C12H13FN2S. The number of halogens is 1. The van der Waals surface area contributed by atoms with E-state index in [0.29, 0.717) is 0 Å². The quantitative estimate of drug-likeness (QED) is 0.883. The number of thiazole rings is 1. The van der Waals surface area contributed by atoms with Gasteiger partial charge in [0.1, 0.15) is 5.82 Å². The lowest BCUT2D eigenvalue weighted by Gasteiger charge is -2.13. The van der Waals surface area contributed by atoms with Crippen LogP contribution in [0.2, 0.25) is 0 Å². The Kier molecular flexibility index (Phi) is 3.64. The zero-order valence-electron chi connectivity index (χ0n) is 8.98. The minimum Gasteiger partial charge on any atom is -0.311 e. The van der Waals surface area contributed by atoms with E-state index in [2.05, 4.69) is 10.3 Å². The number of likely N-dealkylation sites (N-methyl/N-ethyl adjacent to an activating group) is 1. The number of nitrogens with zero attached hydrogens (tertiary/aromatic N) is 1. The molecule has 0 radical (unpaired) electrons. The lowest BCUT2D eigenvalue weighted by Crippen LogP contribution is -2.19. The van der Waals surface area contributed by atoms with Crippen LogP contribution in [-0.2, 0) is 6.42 Å². The van der Waals surface area contributed by atoms with Crippen LogP contribution in [0.25, 0.3) is 0 Å². The van der Waals surface area contributed by atoms with E-state index in [-0.39, 0.29) is 11.9 Å². The van der Waals surface area contributed by atoms with Crippen molar-refractivity contribution in [1.29, 1.82) is 0 Å². The predicted molar refractivity (Wildman–Crippen MR) is 64.0 cm³/mol. The van der Waals surface area contributed by atoms with Gasteiger partial charge in [-0.3, -0.25) is 0 Å². The summed E-state index contributed by atoms with van der Waals surface area (Å²) in [4.78, 5) is 4.27. The highest BCUT2D eigenvalue weighted by Gasteiger charge is 2.11. The van der Waals surface area contributed by atoms with Gasteiger partial charge < -0.3 is 5.32 Å². The first-order valence-corrected chi connectivity index (χ1v) is 6.03. The lowest BCUT2D eigenvalue weighted by atomic mass is 10.0. The summed E-state index contributed by atoms with van der Waals surface area (Å²) >= 11 is 1.57. The van der Waals surface area contributed by atoms with Gasteiger partial charge in [-0.2, -0.15) is 0 Å². The summed E-state index contributed by atoms with van der Waals surface area (Å²) in [6, 6.07) is 6.84. The minimum atomic E-state index is -0.189. The van der Waals surface area contributed by atoms with Crippen LogP contribution < -0.4 is 5.32 Å². The highest BCUT2D eigenvalue weighted by atomic mass is 32.1. The zero-order valence-corrected chi connectivity index (χ0v) is 9.80. The molecule has 84 valence electrons. The lowest BCUT2D eigenvalue weighted by molar-refractivity contribution is 0.573. The molecule has 2 rings (SSSR count). The maximum Gasteiger partial charge on any atom is 0.123 e. The van der Waals surface area contributed by atoms with Crippen molar-refractivity contribution < 1.29 is 4.39 Å². The van der Waals surface area contributed by atoms with Crippen molar-refractivity contribution in [2.75, 3.05) is 7.05 Å². The number of aromatic nitrogens is 1. The van der Waals surface area contributed by atoms with Gasteiger partial charge in [0.15, 0.2) is 0 Å². The molecule has 2 nitrogen and oxygen atoms in total. The third-order valence-corrected chi connectivity index (χ3v) is 3.09. The molecule has 2 aromatic rings. The van der Waals surface area contributed by atoms with Crippen LogP contribution in [-0.4, -0.2) is 12.0 Å². The first-order chi connectivity index (χ1) is 7.79. The van der Waals surface area contributed by atoms with E-state index in [1.165, 1.54) is 6.07 Å². The second-order valence-electron chi connectivity index (χ2n) is 3.59. The van der Waals surface area contributed by atoms with Crippen molar-refractivity contribution in [2.24, 2.45) is 0 Å². The molecule has 0 aliphatic rings.